The van der Waals surface area contributed by atoms with Gasteiger partial charge in [-0.2, -0.15) is 10.5 Å². The van der Waals surface area contributed by atoms with E-state index >= 15 is 4.39 Å². The van der Waals surface area contributed by atoms with E-state index in [1.807, 2.05) is 36.2 Å². The van der Waals surface area contributed by atoms with Gasteiger partial charge >= 0.3 is 0 Å². The lowest BCUT2D eigenvalue weighted by Gasteiger charge is -2.45. The Morgan fingerprint density at radius 2 is 1.96 bits per heavy atom. The van der Waals surface area contributed by atoms with Crippen molar-refractivity contribution in [1.29, 1.82) is 10.5 Å². The first kappa shape index (κ1) is 31.4. The molecule has 4 heterocycles. The number of carbonyl (C=O) groups excluding carboxylic acids is 1. The van der Waals surface area contributed by atoms with Crippen molar-refractivity contribution in [1.82, 2.24) is 14.7 Å². The predicted octanol–water partition coefficient (Wildman–Crippen LogP) is 5.41. The van der Waals surface area contributed by atoms with Gasteiger partial charge in [0.05, 0.1) is 24.4 Å². The van der Waals surface area contributed by atoms with Gasteiger partial charge in [0.15, 0.2) is 11.7 Å². The van der Waals surface area contributed by atoms with Gasteiger partial charge in [-0.15, -0.1) is 0 Å². The zero-order valence-electron chi connectivity index (χ0n) is 25.3. The number of hydrogen-bond donors (Lipinski definition) is 0. The van der Waals surface area contributed by atoms with Gasteiger partial charge in [0.1, 0.15) is 30.0 Å². The highest BCUT2D eigenvalue weighted by Gasteiger charge is 2.44. The normalized spacial score (nSPS) is 24.9. The highest BCUT2D eigenvalue weighted by Crippen LogP contribution is 2.42. The van der Waals surface area contributed by atoms with E-state index in [0.717, 1.165) is 24.8 Å². The van der Waals surface area contributed by atoms with Crippen molar-refractivity contribution in [2.45, 2.75) is 37.4 Å². The SMILES string of the molecule is C=C(F)C(=O)N1CCN(C2=C(C#N)C(OC[C@@H]3CCCN3C)=NC3C(F)=C(c4cccc5cccc(Cl)c45)N=CC23)C[C@@H]1CC#N. The van der Waals surface area contributed by atoms with Crippen LogP contribution in [0.1, 0.15) is 24.8 Å². The summed E-state index contributed by atoms with van der Waals surface area (Å²) in [6.45, 7) is 4.72. The fourth-order valence-corrected chi connectivity index (χ4v) is 7.12. The Kier molecular flexibility index (Phi) is 8.90. The molecule has 0 N–H and O–H groups in total. The lowest BCUT2D eigenvalue weighted by atomic mass is 9.85. The van der Waals surface area contributed by atoms with E-state index in [1.165, 1.54) is 4.90 Å². The van der Waals surface area contributed by atoms with Crippen LogP contribution in [0, 0.1) is 28.6 Å². The van der Waals surface area contributed by atoms with Crippen LogP contribution in [-0.4, -0.2) is 90.7 Å². The molecule has 0 aliphatic carbocycles. The molecule has 0 saturated carbocycles. The average molecular weight is 644 g/mol. The second-order valence-corrected chi connectivity index (χ2v) is 12.3. The Hall–Kier alpha value is -4.58. The van der Waals surface area contributed by atoms with Crippen LogP contribution in [0.2, 0.25) is 5.02 Å². The molecule has 0 aromatic heterocycles. The van der Waals surface area contributed by atoms with Crippen molar-refractivity contribution in [2.75, 3.05) is 39.8 Å². The maximum atomic E-state index is 16.8. The molecule has 0 spiro atoms. The quantitative estimate of drug-likeness (QED) is 0.390. The largest absolute Gasteiger partial charge is 0.475 e. The number of nitrogens with zero attached hydrogens (tertiary/aromatic N) is 7. The molecule has 2 fully saturated rings. The summed E-state index contributed by atoms with van der Waals surface area (Å²) in [4.78, 5) is 27.2. The first-order valence-electron chi connectivity index (χ1n) is 15.2. The average Bonchev–Trinajstić information content (AvgIpc) is 3.47. The number of rotatable bonds is 6. The number of amides is 1. The zero-order chi connectivity index (χ0) is 32.5. The van der Waals surface area contributed by atoms with Crippen molar-refractivity contribution in [3.8, 4) is 12.1 Å². The van der Waals surface area contributed by atoms with Gasteiger partial charge in [0, 0.05) is 53.6 Å². The Bertz CT molecular complexity index is 1800. The number of fused-ring (bicyclic) bond motifs is 2. The summed E-state index contributed by atoms with van der Waals surface area (Å²) in [5.74, 6) is -3.32. The van der Waals surface area contributed by atoms with E-state index in [2.05, 4.69) is 28.6 Å². The topological polar surface area (TPSA) is 108 Å². The number of likely N-dealkylation sites (N-methyl/N-ethyl adjacent to an activating group) is 1. The van der Waals surface area contributed by atoms with Gasteiger partial charge in [-0.25, -0.2) is 13.8 Å². The summed E-state index contributed by atoms with van der Waals surface area (Å²) in [6.07, 6.45) is 3.47. The zero-order valence-corrected chi connectivity index (χ0v) is 26.1. The van der Waals surface area contributed by atoms with E-state index in [9.17, 15) is 19.7 Å². The van der Waals surface area contributed by atoms with Gasteiger partial charge in [-0.05, 0) is 37.9 Å². The van der Waals surface area contributed by atoms with Crippen LogP contribution in [-0.2, 0) is 9.53 Å². The minimum Gasteiger partial charge on any atom is -0.475 e. The molecule has 12 heteroatoms. The number of piperazine rings is 1. The highest BCUT2D eigenvalue weighted by molar-refractivity contribution is 6.36. The highest BCUT2D eigenvalue weighted by atomic mass is 35.5. The predicted molar refractivity (Wildman–Crippen MR) is 172 cm³/mol. The molecule has 2 aromatic carbocycles. The van der Waals surface area contributed by atoms with Gasteiger partial charge in [0.2, 0.25) is 5.90 Å². The fourth-order valence-electron chi connectivity index (χ4n) is 6.84. The van der Waals surface area contributed by atoms with Gasteiger partial charge in [0.25, 0.3) is 5.91 Å². The smallest absolute Gasteiger partial charge is 0.282 e. The summed E-state index contributed by atoms with van der Waals surface area (Å²) in [6, 6.07) is 13.6. The maximum absolute atomic E-state index is 16.8. The number of dihydropyridines is 1. The lowest BCUT2D eigenvalue weighted by molar-refractivity contribution is -0.133. The fraction of sp³-hybridized carbons (Fsp3) is 0.382. The number of ether oxygens (including phenoxy) is 1. The summed E-state index contributed by atoms with van der Waals surface area (Å²) in [5, 5.41) is 22.0. The molecule has 2 aromatic rings. The lowest BCUT2D eigenvalue weighted by Crippen LogP contribution is -2.56. The number of benzene rings is 2. The molecular formula is C34H32ClF2N7O2. The van der Waals surface area contributed by atoms with Crippen LogP contribution < -0.4 is 0 Å². The Labute approximate surface area is 271 Å². The second-order valence-electron chi connectivity index (χ2n) is 11.8. The van der Waals surface area contributed by atoms with E-state index in [-0.39, 0.29) is 55.9 Å². The van der Waals surface area contributed by atoms with Crippen molar-refractivity contribution in [2.24, 2.45) is 15.9 Å². The molecule has 2 saturated heterocycles. The van der Waals surface area contributed by atoms with Gasteiger partial charge in [-0.1, -0.05) is 48.5 Å². The number of likely N-dealkylation sites (tertiary alicyclic amines) is 1. The second kappa shape index (κ2) is 13.0. The van der Waals surface area contributed by atoms with E-state index in [1.54, 1.807) is 18.3 Å². The molecule has 46 heavy (non-hydrogen) atoms. The number of carbonyl (C=O) groups is 1. The number of hydrogen-bond acceptors (Lipinski definition) is 8. The number of nitriles is 2. The van der Waals surface area contributed by atoms with Crippen molar-refractivity contribution in [3.63, 3.8) is 0 Å². The van der Waals surface area contributed by atoms with Crippen molar-refractivity contribution in [3.05, 3.63) is 76.5 Å². The Morgan fingerprint density at radius 1 is 1.17 bits per heavy atom. The monoisotopic (exact) mass is 643 g/mol. The molecule has 0 radical (unpaired) electrons. The number of halogens is 3. The third-order valence-corrected chi connectivity index (χ3v) is 9.50. The molecule has 6 rings (SSSR count). The Morgan fingerprint density at radius 3 is 2.65 bits per heavy atom. The summed E-state index contributed by atoms with van der Waals surface area (Å²) < 4.78 is 36.9. The van der Waals surface area contributed by atoms with E-state index in [4.69, 9.17) is 21.3 Å². The van der Waals surface area contributed by atoms with E-state index < -0.39 is 35.6 Å². The molecule has 1 amide bonds. The van der Waals surface area contributed by atoms with Crippen LogP contribution in [0.4, 0.5) is 8.78 Å². The standard InChI is InChI=1S/C34H32ClF2N7O2/c1-20(36)34(45)44-15-14-43(18-22(44)11-12-38)32-25(16-39)33(46-19-23-8-5-13-42(23)2)41-31-26(32)17-40-30(29(31)37)24-9-3-6-21-7-4-10-27(35)28(21)24/h3-4,6-7,9-10,17,22-23,26,31H,1,5,8,11,13-15,18-19H2,2H3/t22-,23-,26?,31?/m0/s1. The third-order valence-electron chi connectivity index (χ3n) is 9.18. The minimum absolute atomic E-state index is 0.0345. The van der Waals surface area contributed by atoms with Crippen LogP contribution in [0.3, 0.4) is 0 Å². The maximum Gasteiger partial charge on any atom is 0.282 e. The number of aliphatic imine (C=N–C) groups is 2. The van der Waals surface area contributed by atoms with Gasteiger partial charge < -0.3 is 19.4 Å². The third kappa shape index (κ3) is 5.66. The molecule has 4 aliphatic heterocycles. The van der Waals surface area contributed by atoms with Crippen LogP contribution in [0.15, 0.2) is 75.9 Å². The summed E-state index contributed by atoms with van der Waals surface area (Å²) in [7, 11) is 2.01. The molecule has 236 valence electrons. The van der Waals surface area contributed by atoms with Gasteiger partial charge in [-0.3, -0.25) is 9.79 Å². The van der Waals surface area contributed by atoms with Crippen LogP contribution in [0.25, 0.3) is 16.5 Å². The first-order chi connectivity index (χ1) is 22.2. The van der Waals surface area contributed by atoms with Crippen molar-refractivity contribution >= 4 is 46.1 Å². The summed E-state index contributed by atoms with van der Waals surface area (Å²) >= 11 is 6.58. The molecule has 0 bridgehead atoms. The minimum atomic E-state index is -1.11. The van der Waals surface area contributed by atoms with Crippen LogP contribution >= 0.6 is 11.6 Å². The van der Waals surface area contributed by atoms with Crippen LogP contribution in [0.5, 0.6) is 0 Å². The summed E-state index contributed by atoms with van der Waals surface area (Å²) in [5.41, 5.74) is 1.20. The Balaban J connectivity index is 1.42. The van der Waals surface area contributed by atoms with Crippen molar-refractivity contribution < 1.29 is 18.3 Å². The molecule has 4 atom stereocenters. The molecule has 2 unspecified atom stereocenters. The van der Waals surface area contributed by atoms with E-state index in [0.29, 0.717) is 21.7 Å². The molecule has 9 nitrogen and oxygen atoms in total. The molecular weight excluding hydrogens is 612 g/mol. The first-order valence-corrected chi connectivity index (χ1v) is 15.6. The molecule has 4 aliphatic rings.